The molecular weight excluding hydrogens is 367 g/mol. The maximum atomic E-state index is 14.4. The Kier molecular flexibility index (Phi) is 6.69. The van der Waals surface area contributed by atoms with Crippen LogP contribution in [0.25, 0.3) is 10.4 Å². The van der Waals surface area contributed by atoms with Gasteiger partial charge in [-0.2, -0.15) is 4.98 Å². The summed E-state index contributed by atoms with van der Waals surface area (Å²) in [4.78, 5) is 28.7. The second-order valence-corrected chi connectivity index (χ2v) is 5.77. The summed E-state index contributed by atoms with van der Waals surface area (Å²) in [6, 6.07) is 1.07. The number of nitrogens with zero attached hydrogens (tertiary/aromatic N) is 5. The summed E-state index contributed by atoms with van der Waals surface area (Å²) in [5, 5.41) is 25.3. The van der Waals surface area contributed by atoms with Crippen LogP contribution in [0.3, 0.4) is 0 Å². The highest BCUT2D eigenvalue weighted by atomic mass is 19.1. The lowest BCUT2D eigenvalue weighted by Crippen LogP contribution is -2.43. The Hall–Kier alpha value is -2.73. The van der Waals surface area contributed by atoms with Crippen LogP contribution in [0, 0.1) is 0 Å². The van der Waals surface area contributed by atoms with E-state index in [9.17, 15) is 24.2 Å². The van der Waals surface area contributed by atoms with Crippen LogP contribution in [0.15, 0.2) is 22.2 Å². The number of aliphatic hydroxyl groups excluding tert-OH is 2. The van der Waals surface area contributed by atoms with E-state index >= 15 is 0 Å². The largest absolute Gasteiger partial charge is 0.466 e. The molecule has 1 aromatic heterocycles. The van der Waals surface area contributed by atoms with Crippen molar-refractivity contribution in [3.8, 4) is 0 Å². The molecule has 0 saturated carbocycles. The molecule has 0 aliphatic carbocycles. The van der Waals surface area contributed by atoms with Gasteiger partial charge in [0.05, 0.1) is 12.6 Å². The van der Waals surface area contributed by atoms with E-state index in [4.69, 9.17) is 10.3 Å². The molecule has 13 heteroatoms. The number of azide groups is 1. The molecule has 1 fully saturated rings. The number of hydrogen-bond acceptors (Lipinski definition) is 9. The second-order valence-electron chi connectivity index (χ2n) is 5.77. The number of carbonyl (C=O) groups excluding carboxylic acids is 1. The van der Waals surface area contributed by atoms with Gasteiger partial charge in [-0.15, -0.1) is 0 Å². The average Bonchev–Trinajstić information content (AvgIpc) is 2.91. The maximum Gasteiger partial charge on any atom is 0.351 e. The molecule has 27 heavy (non-hydrogen) atoms. The Balaban J connectivity index is 2.24. The number of carbonyl (C=O) groups is 1. The molecule has 0 amide bonds. The van der Waals surface area contributed by atoms with Crippen LogP contribution < -0.4 is 11.0 Å². The first kappa shape index (κ1) is 20.6. The minimum atomic E-state index is -2.24. The van der Waals surface area contributed by atoms with Crippen molar-refractivity contribution in [3.05, 3.63) is 33.2 Å². The number of anilines is 1. The van der Waals surface area contributed by atoms with Crippen molar-refractivity contribution >= 4 is 12.3 Å². The predicted octanol–water partition coefficient (Wildman–Crippen LogP) is -0.167. The predicted molar refractivity (Wildman–Crippen MR) is 88.2 cm³/mol. The molecule has 0 bridgehead atoms. The van der Waals surface area contributed by atoms with Crippen molar-refractivity contribution in [2.24, 2.45) is 5.11 Å². The SMILES string of the molecule is CC[C@@H](COC=O)Nc1ccn(C2O[C@@](CO)(N=[N+]=[N-])C(O)[C@@H]2F)c(=O)n1. The molecule has 2 rings (SSSR count). The first-order valence-corrected chi connectivity index (χ1v) is 8.00. The topological polar surface area (TPSA) is 172 Å². The van der Waals surface area contributed by atoms with Gasteiger partial charge in [-0.05, 0) is 18.0 Å². The quantitative estimate of drug-likeness (QED) is 0.227. The zero-order valence-electron chi connectivity index (χ0n) is 14.3. The average molecular weight is 386 g/mol. The van der Waals surface area contributed by atoms with Gasteiger partial charge in [0.15, 0.2) is 12.4 Å². The third-order valence-electron chi connectivity index (χ3n) is 4.12. The van der Waals surface area contributed by atoms with Gasteiger partial charge >= 0.3 is 5.69 Å². The van der Waals surface area contributed by atoms with E-state index < -0.39 is 36.5 Å². The number of aliphatic hydroxyl groups is 2. The van der Waals surface area contributed by atoms with Crippen LogP contribution in [0.1, 0.15) is 19.6 Å². The van der Waals surface area contributed by atoms with Gasteiger partial charge in [-0.3, -0.25) is 9.36 Å². The number of nitrogens with one attached hydrogen (secondary N) is 1. The van der Waals surface area contributed by atoms with Gasteiger partial charge in [0.2, 0.25) is 5.72 Å². The molecule has 3 N–H and O–H groups in total. The molecule has 2 unspecified atom stereocenters. The minimum Gasteiger partial charge on any atom is -0.466 e. The highest BCUT2D eigenvalue weighted by Crippen LogP contribution is 2.39. The molecule has 0 radical (unpaired) electrons. The highest BCUT2D eigenvalue weighted by Gasteiger charge is 2.56. The number of halogens is 1. The van der Waals surface area contributed by atoms with Crippen LogP contribution in [-0.4, -0.2) is 63.5 Å². The number of aromatic nitrogens is 2. The molecule has 1 aliphatic rings. The maximum absolute atomic E-state index is 14.4. The molecule has 1 aliphatic heterocycles. The van der Waals surface area contributed by atoms with Gasteiger partial charge in [0.1, 0.15) is 18.5 Å². The molecule has 0 spiro atoms. The van der Waals surface area contributed by atoms with Crippen molar-refractivity contribution in [2.75, 3.05) is 18.5 Å². The van der Waals surface area contributed by atoms with Crippen LogP contribution in [0.4, 0.5) is 10.2 Å². The van der Waals surface area contributed by atoms with Crippen molar-refractivity contribution in [1.29, 1.82) is 0 Å². The van der Waals surface area contributed by atoms with Crippen LogP contribution in [0.5, 0.6) is 0 Å². The molecule has 2 heterocycles. The fourth-order valence-electron chi connectivity index (χ4n) is 2.59. The Morgan fingerprint density at radius 1 is 1.70 bits per heavy atom. The van der Waals surface area contributed by atoms with Gasteiger partial charge in [-0.1, -0.05) is 12.0 Å². The molecule has 148 valence electrons. The standard InChI is InChI=1S/C14H19FN6O6/c1-2-8(5-26-7-23)17-9-3-4-21(13(25)18-9)12-10(15)11(24)14(6-22,27-12)19-20-16/h3-4,7-8,10-12,22,24H,2,5-6H2,1H3,(H,17,18,25)/t8-,10-,11?,12?,14+/m0/s1. The molecule has 5 atom stereocenters. The normalized spacial score (nSPS) is 28.2. The Morgan fingerprint density at radius 3 is 3.00 bits per heavy atom. The smallest absolute Gasteiger partial charge is 0.351 e. The summed E-state index contributed by atoms with van der Waals surface area (Å²) >= 11 is 0. The molecule has 1 saturated heterocycles. The zero-order valence-corrected chi connectivity index (χ0v) is 14.3. The third-order valence-corrected chi connectivity index (χ3v) is 4.12. The Labute approximate surface area is 152 Å². The summed E-state index contributed by atoms with van der Waals surface area (Å²) in [6.45, 7) is 1.22. The van der Waals surface area contributed by atoms with E-state index in [1.165, 1.54) is 12.3 Å². The van der Waals surface area contributed by atoms with E-state index in [1.54, 1.807) is 0 Å². The van der Waals surface area contributed by atoms with Crippen LogP contribution in [0.2, 0.25) is 0 Å². The number of hydrogen-bond donors (Lipinski definition) is 3. The van der Waals surface area contributed by atoms with E-state index in [0.29, 0.717) is 12.9 Å². The summed E-state index contributed by atoms with van der Waals surface area (Å²) in [6.07, 6.45) is -4.01. The van der Waals surface area contributed by atoms with Crippen molar-refractivity contribution < 1.29 is 28.9 Å². The molecule has 0 aromatic carbocycles. The Morgan fingerprint density at radius 2 is 2.44 bits per heavy atom. The monoisotopic (exact) mass is 386 g/mol. The third kappa shape index (κ3) is 4.17. The lowest BCUT2D eigenvalue weighted by Gasteiger charge is -2.23. The first-order chi connectivity index (χ1) is 12.9. The number of alkyl halides is 1. The van der Waals surface area contributed by atoms with Crippen LogP contribution in [-0.2, 0) is 14.3 Å². The van der Waals surface area contributed by atoms with Gasteiger partial charge in [0, 0.05) is 11.1 Å². The lowest BCUT2D eigenvalue weighted by molar-refractivity contribution is -0.129. The summed E-state index contributed by atoms with van der Waals surface area (Å²) in [7, 11) is 0. The molecule has 12 nitrogen and oxygen atoms in total. The second kappa shape index (κ2) is 8.77. The lowest BCUT2D eigenvalue weighted by atomic mass is 10.1. The molecule has 1 aromatic rings. The highest BCUT2D eigenvalue weighted by molar-refractivity contribution is 5.38. The van der Waals surface area contributed by atoms with E-state index in [-0.39, 0.29) is 18.5 Å². The number of rotatable bonds is 9. The number of ether oxygens (including phenoxy) is 2. The summed E-state index contributed by atoms with van der Waals surface area (Å²) < 4.78 is 25.0. The van der Waals surface area contributed by atoms with Gasteiger partial charge in [0.25, 0.3) is 6.47 Å². The minimum absolute atomic E-state index is 0.0699. The van der Waals surface area contributed by atoms with Gasteiger partial charge in [-0.25, -0.2) is 9.18 Å². The van der Waals surface area contributed by atoms with E-state index in [2.05, 4.69) is 25.1 Å². The van der Waals surface area contributed by atoms with Crippen molar-refractivity contribution in [1.82, 2.24) is 9.55 Å². The van der Waals surface area contributed by atoms with E-state index in [0.717, 1.165) is 4.57 Å². The first-order valence-electron chi connectivity index (χ1n) is 8.00. The Bertz CT molecular complexity index is 771. The van der Waals surface area contributed by atoms with Crippen molar-refractivity contribution in [3.63, 3.8) is 0 Å². The fraction of sp³-hybridized carbons (Fsp3) is 0.643. The van der Waals surface area contributed by atoms with Crippen LogP contribution >= 0.6 is 0 Å². The van der Waals surface area contributed by atoms with Crippen molar-refractivity contribution in [2.45, 2.75) is 43.6 Å². The summed E-state index contributed by atoms with van der Waals surface area (Å²) in [5.74, 6) is 0.162. The fourth-order valence-corrected chi connectivity index (χ4v) is 2.59. The van der Waals surface area contributed by atoms with E-state index in [1.807, 2.05) is 6.92 Å². The van der Waals surface area contributed by atoms with Gasteiger partial charge < -0.3 is 25.0 Å². The zero-order chi connectivity index (χ0) is 20.0. The molecular formula is C14H19FN6O6. The summed E-state index contributed by atoms with van der Waals surface area (Å²) in [5.41, 5.74) is 5.41.